The fourth-order valence-electron chi connectivity index (χ4n) is 1.55. The Kier molecular flexibility index (Phi) is 4.34. The molecular weight excluding hydrogens is 244 g/mol. The second kappa shape index (κ2) is 6.39. The highest BCUT2D eigenvalue weighted by molar-refractivity contribution is 5.67. The van der Waals surface area contributed by atoms with Gasteiger partial charge >= 0.3 is 6.09 Å². The number of alkyl carbamates (subject to hydrolysis) is 1. The molecule has 1 amide bonds. The molecule has 2 aromatic rings. The van der Waals surface area contributed by atoms with Crippen LogP contribution in [-0.2, 0) is 17.9 Å². The van der Waals surface area contributed by atoms with Crippen molar-refractivity contribution in [3.05, 3.63) is 70.1 Å². The lowest BCUT2D eigenvalue weighted by Gasteiger charge is -2.06. The highest BCUT2D eigenvalue weighted by Gasteiger charge is 2.02. The lowest BCUT2D eigenvalue weighted by atomic mass is 10.2. The maximum Gasteiger partial charge on any atom is 0.407 e. The van der Waals surface area contributed by atoms with Gasteiger partial charge in [0.2, 0.25) is 5.56 Å². The largest absolute Gasteiger partial charge is 0.445 e. The number of benzene rings is 1. The minimum Gasteiger partial charge on any atom is -0.445 e. The molecule has 1 heterocycles. The molecule has 0 atom stereocenters. The number of hydrogen-bond donors (Lipinski definition) is 2. The average Bonchev–Trinajstić information content (AvgIpc) is 2.44. The third kappa shape index (κ3) is 4.31. The summed E-state index contributed by atoms with van der Waals surface area (Å²) in [6.45, 7) is 0.486. The van der Waals surface area contributed by atoms with E-state index in [2.05, 4.69) is 10.3 Å². The lowest BCUT2D eigenvalue weighted by Crippen LogP contribution is -2.24. The molecule has 0 aliphatic carbocycles. The van der Waals surface area contributed by atoms with Crippen LogP contribution >= 0.6 is 0 Å². The average molecular weight is 258 g/mol. The Morgan fingerprint density at radius 2 is 1.95 bits per heavy atom. The first kappa shape index (κ1) is 12.9. The van der Waals surface area contributed by atoms with E-state index < -0.39 is 6.09 Å². The van der Waals surface area contributed by atoms with Crippen molar-refractivity contribution >= 4 is 6.09 Å². The Labute approximate surface area is 110 Å². The number of aromatic amines is 1. The van der Waals surface area contributed by atoms with Gasteiger partial charge in [-0.3, -0.25) is 4.79 Å². The van der Waals surface area contributed by atoms with E-state index in [4.69, 9.17) is 4.74 Å². The van der Waals surface area contributed by atoms with Crippen molar-refractivity contribution in [3.8, 4) is 0 Å². The first-order chi connectivity index (χ1) is 9.24. The summed E-state index contributed by atoms with van der Waals surface area (Å²) in [7, 11) is 0. The third-order valence-corrected chi connectivity index (χ3v) is 2.49. The summed E-state index contributed by atoms with van der Waals surface area (Å²) in [5, 5.41) is 2.58. The number of rotatable bonds is 4. The maximum atomic E-state index is 11.5. The van der Waals surface area contributed by atoms with Gasteiger partial charge in [0.15, 0.2) is 0 Å². The van der Waals surface area contributed by atoms with Crippen molar-refractivity contribution in [3.63, 3.8) is 0 Å². The number of hydrogen-bond acceptors (Lipinski definition) is 3. The normalized spacial score (nSPS) is 9.89. The van der Waals surface area contributed by atoms with E-state index in [1.54, 1.807) is 6.07 Å². The summed E-state index contributed by atoms with van der Waals surface area (Å²) < 4.78 is 5.04. The SMILES string of the molecule is O=C(NCc1cc[nH]c(=O)c1)OCc1ccccc1. The molecule has 0 aliphatic rings. The fraction of sp³-hybridized carbons (Fsp3) is 0.143. The number of amides is 1. The minimum absolute atomic E-state index is 0.197. The number of nitrogens with one attached hydrogen (secondary N) is 2. The van der Waals surface area contributed by atoms with Crippen molar-refractivity contribution < 1.29 is 9.53 Å². The molecule has 0 aliphatic heterocycles. The first-order valence-corrected chi connectivity index (χ1v) is 5.86. The highest BCUT2D eigenvalue weighted by atomic mass is 16.5. The van der Waals surface area contributed by atoms with Crippen molar-refractivity contribution in [1.29, 1.82) is 0 Å². The second-order valence-electron chi connectivity index (χ2n) is 3.98. The van der Waals surface area contributed by atoms with Crippen LogP contribution in [0.25, 0.3) is 0 Å². The van der Waals surface area contributed by atoms with E-state index in [1.165, 1.54) is 12.3 Å². The van der Waals surface area contributed by atoms with E-state index in [9.17, 15) is 9.59 Å². The quantitative estimate of drug-likeness (QED) is 0.878. The summed E-state index contributed by atoms with van der Waals surface area (Å²) in [6.07, 6.45) is 1.03. The fourth-order valence-corrected chi connectivity index (χ4v) is 1.55. The molecule has 2 N–H and O–H groups in total. The molecule has 0 radical (unpaired) electrons. The molecule has 0 bridgehead atoms. The molecule has 1 aromatic heterocycles. The van der Waals surface area contributed by atoms with E-state index in [0.717, 1.165) is 11.1 Å². The predicted molar refractivity (Wildman–Crippen MR) is 70.5 cm³/mol. The van der Waals surface area contributed by atoms with E-state index in [0.29, 0.717) is 0 Å². The topological polar surface area (TPSA) is 71.2 Å². The van der Waals surface area contributed by atoms with Gasteiger partial charge in [0.25, 0.3) is 0 Å². The molecule has 0 saturated heterocycles. The number of pyridine rings is 1. The van der Waals surface area contributed by atoms with Crippen LogP contribution in [0.5, 0.6) is 0 Å². The number of aromatic nitrogens is 1. The molecule has 2 rings (SSSR count). The summed E-state index contributed by atoms with van der Waals surface area (Å²) in [5.74, 6) is 0. The number of carbonyl (C=O) groups excluding carboxylic acids is 1. The van der Waals surface area contributed by atoms with Gasteiger partial charge in [-0.1, -0.05) is 30.3 Å². The summed E-state index contributed by atoms with van der Waals surface area (Å²) in [6, 6.07) is 12.6. The Hall–Kier alpha value is -2.56. The smallest absolute Gasteiger partial charge is 0.407 e. The van der Waals surface area contributed by atoms with Crippen LogP contribution in [0, 0.1) is 0 Å². The van der Waals surface area contributed by atoms with Gasteiger partial charge in [-0.2, -0.15) is 0 Å². The zero-order chi connectivity index (χ0) is 13.5. The summed E-state index contributed by atoms with van der Waals surface area (Å²) in [5.41, 5.74) is 1.45. The van der Waals surface area contributed by atoms with Crippen LogP contribution in [0.4, 0.5) is 4.79 Å². The maximum absolute atomic E-state index is 11.5. The minimum atomic E-state index is -0.510. The first-order valence-electron chi connectivity index (χ1n) is 5.86. The van der Waals surface area contributed by atoms with Crippen LogP contribution in [0.2, 0.25) is 0 Å². The Balaban J connectivity index is 1.77. The summed E-state index contributed by atoms with van der Waals surface area (Å²) in [4.78, 5) is 25.0. The molecule has 0 saturated carbocycles. The third-order valence-electron chi connectivity index (χ3n) is 2.49. The number of carbonyl (C=O) groups is 1. The Bertz CT molecular complexity index is 593. The molecule has 1 aromatic carbocycles. The molecule has 0 spiro atoms. The zero-order valence-corrected chi connectivity index (χ0v) is 10.3. The van der Waals surface area contributed by atoms with E-state index in [1.807, 2.05) is 30.3 Å². The van der Waals surface area contributed by atoms with Crippen LogP contribution in [0.15, 0.2) is 53.5 Å². The number of ether oxygens (including phenoxy) is 1. The molecule has 19 heavy (non-hydrogen) atoms. The van der Waals surface area contributed by atoms with E-state index >= 15 is 0 Å². The Morgan fingerprint density at radius 3 is 2.68 bits per heavy atom. The van der Waals surface area contributed by atoms with Crippen LogP contribution in [-0.4, -0.2) is 11.1 Å². The Morgan fingerprint density at radius 1 is 1.16 bits per heavy atom. The van der Waals surface area contributed by atoms with Gasteiger partial charge in [0.05, 0.1) is 0 Å². The predicted octanol–water partition coefficient (Wildman–Crippen LogP) is 1.80. The molecular formula is C14H14N2O3. The monoisotopic (exact) mass is 258 g/mol. The van der Waals surface area contributed by atoms with Gasteiger partial charge in [0, 0.05) is 18.8 Å². The zero-order valence-electron chi connectivity index (χ0n) is 10.3. The standard InChI is InChI=1S/C14H14N2O3/c17-13-8-12(6-7-15-13)9-16-14(18)19-10-11-4-2-1-3-5-11/h1-8H,9-10H2,(H,15,17)(H,16,18). The van der Waals surface area contributed by atoms with Crippen LogP contribution in [0.1, 0.15) is 11.1 Å². The van der Waals surface area contributed by atoms with Crippen molar-refractivity contribution in [1.82, 2.24) is 10.3 Å². The van der Waals surface area contributed by atoms with Gasteiger partial charge in [0.1, 0.15) is 6.61 Å². The molecule has 98 valence electrons. The van der Waals surface area contributed by atoms with Gasteiger partial charge in [-0.05, 0) is 17.2 Å². The lowest BCUT2D eigenvalue weighted by molar-refractivity contribution is 0.139. The van der Waals surface area contributed by atoms with Gasteiger partial charge in [-0.15, -0.1) is 0 Å². The van der Waals surface area contributed by atoms with Crippen molar-refractivity contribution in [2.75, 3.05) is 0 Å². The molecule has 0 fully saturated rings. The van der Waals surface area contributed by atoms with Gasteiger partial charge in [-0.25, -0.2) is 4.79 Å². The van der Waals surface area contributed by atoms with Crippen LogP contribution in [0.3, 0.4) is 0 Å². The molecule has 0 unspecified atom stereocenters. The van der Waals surface area contributed by atoms with Gasteiger partial charge < -0.3 is 15.0 Å². The second-order valence-corrected chi connectivity index (χ2v) is 3.98. The highest BCUT2D eigenvalue weighted by Crippen LogP contribution is 2.00. The van der Waals surface area contributed by atoms with Crippen LogP contribution < -0.4 is 10.9 Å². The number of H-pyrrole nitrogens is 1. The van der Waals surface area contributed by atoms with Crippen molar-refractivity contribution in [2.24, 2.45) is 0 Å². The summed E-state index contributed by atoms with van der Waals surface area (Å²) >= 11 is 0. The molecule has 5 nitrogen and oxygen atoms in total. The van der Waals surface area contributed by atoms with E-state index in [-0.39, 0.29) is 18.7 Å². The molecule has 5 heteroatoms. The van der Waals surface area contributed by atoms with Crippen molar-refractivity contribution in [2.45, 2.75) is 13.2 Å².